The molecule has 3 nitrogen and oxygen atoms in total. The third-order valence-electron chi connectivity index (χ3n) is 6.45. The van der Waals surface area contributed by atoms with E-state index in [0.717, 1.165) is 25.7 Å². The standard InChI is InChI=1S/C22H27F2N3/c1-27-22(14-21(26-27)18-13-17(23)10-11-20(18)24)16(6-4-12-25)9-8-15-5-2-3-7-19(15)22/h2-3,5,7,13,16H,4,6,8-12,14,25H2,1H3. The first-order chi connectivity index (χ1) is 13.1. The van der Waals surface area contributed by atoms with Crippen molar-refractivity contribution in [2.45, 2.75) is 50.5 Å². The van der Waals surface area contributed by atoms with E-state index in [0.29, 0.717) is 30.2 Å². The van der Waals surface area contributed by atoms with E-state index >= 15 is 0 Å². The lowest BCUT2D eigenvalue weighted by Crippen LogP contribution is -2.48. The molecule has 2 N–H and O–H groups in total. The maximum atomic E-state index is 14.5. The summed E-state index contributed by atoms with van der Waals surface area (Å²) in [4.78, 5) is 0. The van der Waals surface area contributed by atoms with E-state index in [1.807, 2.05) is 12.1 Å². The number of nitrogens with two attached hydrogens (primary N) is 1. The van der Waals surface area contributed by atoms with Crippen LogP contribution in [0.15, 0.2) is 52.7 Å². The lowest BCUT2D eigenvalue weighted by atomic mass is 9.65. The number of aryl methyl sites for hydroxylation is 1. The SMILES string of the molecule is CN1N=C(C2=C(F)CCC(F)=C2)CC12c1ccccc1CCC2CCCN. The lowest BCUT2D eigenvalue weighted by Gasteiger charge is -2.47. The Kier molecular flexibility index (Phi) is 4.89. The molecule has 2 aliphatic carbocycles. The third-order valence-corrected chi connectivity index (χ3v) is 6.45. The van der Waals surface area contributed by atoms with Gasteiger partial charge in [0.2, 0.25) is 0 Å². The largest absolute Gasteiger partial charge is 0.330 e. The topological polar surface area (TPSA) is 41.6 Å². The van der Waals surface area contributed by atoms with Gasteiger partial charge < -0.3 is 5.73 Å². The Balaban J connectivity index is 1.76. The Bertz CT molecular complexity index is 827. The highest BCUT2D eigenvalue weighted by Crippen LogP contribution is 2.51. The average Bonchev–Trinajstić information content (AvgIpc) is 3.01. The van der Waals surface area contributed by atoms with Crippen LogP contribution in [0.5, 0.6) is 0 Å². The van der Waals surface area contributed by atoms with Crippen molar-refractivity contribution in [1.82, 2.24) is 5.01 Å². The van der Waals surface area contributed by atoms with E-state index in [1.165, 1.54) is 17.2 Å². The summed E-state index contributed by atoms with van der Waals surface area (Å²) in [5, 5.41) is 6.76. The number of nitrogens with zero attached hydrogens (tertiary/aromatic N) is 2. The molecule has 0 aromatic heterocycles. The molecule has 144 valence electrons. The second kappa shape index (κ2) is 7.19. The third kappa shape index (κ3) is 3.02. The summed E-state index contributed by atoms with van der Waals surface area (Å²) in [5.74, 6) is -0.118. The molecule has 0 fully saturated rings. The summed E-state index contributed by atoms with van der Waals surface area (Å²) in [6.45, 7) is 0.666. The van der Waals surface area contributed by atoms with Gasteiger partial charge in [-0.25, -0.2) is 8.78 Å². The highest BCUT2D eigenvalue weighted by atomic mass is 19.1. The molecular formula is C22H27F2N3. The monoisotopic (exact) mass is 371 g/mol. The summed E-state index contributed by atoms with van der Waals surface area (Å²) in [6.07, 6.45) is 6.31. The first-order valence-corrected chi connectivity index (χ1v) is 9.91. The summed E-state index contributed by atoms with van der Waals surface area (Å²) >= 11 is 0. The van der Waals surface area contributed by atoms with Gasteiger partial charge in [0, 0.05) is 31.9 Å². The fraction of sp³-hybridized carbons (Fsp3) is 0.500. The number of hydrogen-bond donors (Lipinski definition) is 1. The second-order valence-electron chi connectivity index (χ2n) is 7.90. The molecule has 2 unspecified atom stereocenters. The molecule has 0 saturated carbocycles. The normalized spacial score (nSPS) is 27.7. The molecule has 1 heterocycles. The highest BCUT2D eigenvalue weighted by molar-refractivity contribution is 6.04. The highest BCUT2D eigenvalue weighted by Gasteiger charge is 2.51. The van der Waals surface area contributed by atoms with Crippen molar-refractivity contribution in [2.24, 2.45) is 16.8 Å². The quantitative estimate of drug-likeness (QED) is 0.830. The van der Waals surface area contributed by atoms with Gasteiger partial charge in [-0.05, 0) is 55.3 Å². The number of rotatable bonds is 4. The van der Waals surface area contributed by atoms with E-state index in [-0.39, 0.29) is 30.0 Å². The average molecular weight is 371 g/mol. The van der Waals surface area contributed by atoms with Crippen molar-refractivity contribution in [1.29, 1.82) is 0 Å². The molecule has 1 aromatic carbocycles. The first kappa shape index (κ1) is 18.4. The van der Waals surface area contributed by atoms with E-state index < -0.39 is 0 Å². The Morgan fingerprint density at radius 3 is 2.85 bits per heavy atom. The summed E-state index contributed by atoms with van der Waals surface area (Å²) < 4.78 is 28.4. The van der Waals surface area contributed by atoms with Gasteiger partial charge in [0.05, 0.1) is 11.3 Å². The lowest BCUT2D eigenvalue weighted by molar-refractivity contribution is 0.0565. The van der Waals surface area contributed by atoms with Crippen molar-refractivity contribution < 1.29 is 8.78 Å². The van der Waals surface area contributed by atoms with Crippen molar-refractivity contribution in [3.05, 3.63) is 58.7 Å². The van der Waals surface area contributed by atoms with Gasteiger partial charge in [0.25, 0.3) is 0 Å². The van der Waals surface area contributed by atoms with E-state index in [2.05, 4.69) is 24.3 Å². The van der Waals surface area contributed by atoms with Crippen molar-refractivity contribution in [2.75, 3.05) is 13.6 Å². The van der Waals surface area contributed by atoms with Gasteiger partial charge in [0.1, 0.15) is 11.7 Å². The molecule has 0 radical (unpaired) electrons. The van der Waals surface area contributed by atoms with Gasteiger partial charge in [0.15, 0.2) is 0 Å². The molecule has 4 rings (SSSR count). The number of halogens is 2. The first-order valence-electron chi connectivity index (χ1n) is 9.91. The fourth-order valence-corrected chi connectivity index (χ4v) is 5.11. The smallest absolute Gasteiger partial charge is 0.110 e. The molecule has 0 amide bonds. The van der Waals surface area contributed by atoms with Crippen molar-refractivity contribution in [3.8, 4) is 0 Å². The Hall–Kier alpha value is -2.01. The Morgan fingerprint density at radius 2 is 2.04 bits per heavy atom. The number of hydrogen-bond acceptors (Lipinski definition) is 3. The second-order valence-corrected chi connectivity index (χ2v) is 7.90. The fourth-order valence-electron chi connectivity index (χ4n) is 5.11. The van der Waals surface area contributed by atoms with E-state index in [1.54, 1.807) is 0 Å². The van der Waals surface area contributed by atoms with Gasteiger partial charge in [-0.2, -0.15) is 5.10 Å². The number of allylic oxidation sites excluding steroid dienone is 4. The number of fused-ring (bicyclic) bond motifs is 2. The van der Waals surface area contributed by atoms with Gasteiger partial charge in [-0.3, -0.25) is 5.01 Å². The molecular weight excluding hydrogens is 344 g/mol. The molecule has 0 bridgehead atoms. The maximum absolute atomic E-state index is 14.5. The van der Waals surface area contributed by atoms with Gasteiger partial charge in [-0.15, -0.1) is 0 Å². The molecule has 1 aliphatic heterocycles. The molecule has 27 heavy (non-hydrogen) atoms. The summed E-state index contributed by atoms with van der Waals surface area (Å²) in [5.41, 5.74) is 9.13. The molecule has 0 saturated heterocycles. The number of hydrazone groups is 1. The molecule has 3 aliphatic rings. The van der Waals surface area contributed by atoms with Crippen LogP contribution < -0.4 is 5.73 Å². The number of benzene rings is 1. The molecule has 1 aromatic rings. The predicted octanol–water partition coefficient (Wildman–Crippen LogP) is 4.75. The van der Waals surface area contributed by atoms with Gasteiger partial charge >= 0.3 is 0 Å². The molecule has 5 heteroatoms. The van der Waals surface area contributed by atoms with E-state index in [4.69, 9.17) is 10.8 Å². The summed E-state index contributed by atoms with van der Waals surface area (Å²) in [6, 6.07) is 8.51. The minimum Gasteiger partial charge on any atom is -0.330 e. The van der Waals surface area contributed by atoms with E-state index in [9.17, 15) is 8.78 Å². The zero-order valence-corrected chi connectivity index (χ0v) is 15.8. The van der Waals surface area contributed by atoms with Crippen LogP contribution in [0, 0.1) is 5.92 Å². The minimum atomic E-state index is -0.297. The van der Waals surface area contributed by atoms with Crippen molar-refractivity contribution >= 4 is 5.71 Å². The summed E-state index contributed by atoms with van der Waals surface area (Å²) in [7, 11) is 1.98. The Labute approximate surface area is 159 Å². The Morgan fingerprint density at radius 1 is 1.22 bits per heavy atom. The van der Waals surface area contributed by atoms with Crippen LogP contribution in [0.1, 0.15) is 49.7 Å². The van der Waals surface area contributed by atoms with Crippen LogP contribution in [0.25, 0.3) is 0 Å². The minimum absolute atomic E-state index is 0.126. The van der Waals surface area contributed by atoms with Gasteiger partial charge in [-0.1, -0.05) is 24.3 Å². The van der Waals surface area contributed by atoms with Crippen LogP contribution in [-0.2, 0) is 12.0 Å². The molecule has 1 spiro atoms. The van der Waals surface area contributed by atoms with Crippen LogP contribution in [-0.4, -0.2) is 24.3 Å². The zero-order valence-electron chi connectivity index (χ0n) is 15.8. The predicted molar refractivity (Wildman–Crippen MR) is 105 cm³/mol. The van der Waals surface area contributed by atoms with Crippen molar-refractivity contribution in [3.63, 3.8) is 0 Å². The van der Waals surface area contributed by atoms with Crippen LogP contribution in [0.3, 0.4) is 0 Å². The molecule has 2 atom stereocenters. The van der Waals surface area contributed by atoms with Crippen LogP contribution >= 0.6 is 0 Å². The maximum Gasteiger partial charge on any atom is 0.110 e. The van der Waals surface area contributed by atoms with Crippen LogP contribution in [0.4, 0.5) is 8.78 Å². The van der Waals surface area contributed by atoms with Crippen LogP contribution in [0.2, 0.25) is 0 Å². The zero-order chi connectivity index (χ0) is 19.0.